The number of aromatic amines is 1. The molecule has 6 rings (SSSR count). The molecule has 188 valence electrons. The molecule has 4 aromatic rings. The number of carbonyl (C=O) groups excluding carboxylic acids is 2. The van der Waals surface area contributed by atoms with Crippen molar-refractivity contribution in [3.63, 3.8) is 0 Å². The fourth-order valence-electron chi connectivity index (χ4n) is 5.40. The summed E-state index contributed by atoms with van der Waals surface area (Å²) in [5.74, 6) is -1.08. The summed E-state index contributed by atoms with van der Waals surface area (Å²) in [6.45, 7) is 4.68. The Morgan fingerprint density at radius 3 is 2.49 bits per heavy atom. The van der Waals surface area contributed by atoms with Crippen LogP contribution < -0.4 is 5.32 Å². The van der Waals surface area contributed by atoms with Gasteiger partial charge in [-0.1, -0.05) is 24.3 Å². The van der Waals surface area contributed by atoms with Gasteiger partial charge in [0.15, 0.2) is 0 Å². The third-order valence-electron chi connectivity index (χ3n) is 7.12. The molecule has 2 aliphatic heterocycles. The Morgan fingerprint density at radius 1 is 0.946 bits per heavy atom. The van der Waals surface area contributed by atoms with Gasteiger partial charge in [-0.25, -0.2) is 0 Å². The van der Waals surface area contributed by atoms with Gasteiger partial charge in [-0.05, 0) is 18.6 Å². The summed E-state index contributed by atoms with van der Waals surface area (Å²) in [6, 6.07) is 12.4. The first kappa shape index (κ1) is 23.1. The van der Waals surface area contributed by atoms with Gasteiger partial charge in [0.1, 0.15) is 0 Å². The number of rotatable bonds is 7. The molecule has 0 unspecified atom stereocenters. The van der Waals surface area contributed by atoms with Crippen molar-refractivity contribution in [2.75, 3.05) is 32.8 Å². The molecule has 37 heavy (non-hydrogen) atoms. The topological polar surface area (TPSA) is 122 Å². The number of hydrogen-bond acceptors (Lipinski definition) is 6. The number of aromatic nitrogens is 2. The molecular formula is C27H25N5O5. The number of fused-ring (bicyclic) bond motifs is 2. The Bertz CT molecular complexity index is 1590. The second kappa shape index (κ2) is 9.30. The number of aryl methyl sites for hydroxylation is 1. The van der Waals surface area contributed by atoms with E-state index in [9.17, 15) is 19.7 Å². The van der Waals surface area contributed by atoms with Crippen LogP contribution in [0.1, 0.15) is 17.5 Å². The SMILES string of the molecule is O=C1NC(=O)C(c2cn(CCCN3CCOCC3)c3cccc([N+](=O)[O-])c23)=C1c1c[nH]c2ccccc12. The van der Waals surface area contributed by atoms with E-state index in [1.807, 2.05) is 34.9 Å². The van der Waals surface area contributed by atoms with Crippen LogP contribution in [0, 0.1) is 10.1 Å². The Hall–Kier alpha value is -4.28. The summed E-state index contributed by atoms with van der Waals surface area (Å²) in [7, 11) is 0. The first-order valence-electron chi connectivity index (χ1n) is 12.3. The predicted octanol–water partition coefficient (Wildman–Crippen LogP) is 3.32. The number of amides is 2. The molecule has 0 saturated carbocycles. The monoisotopic (exact) mass is 499 g/mol. The molecule has 2 N–H and O–H groups in total. The molecule has 10 heteroatoms. The average molecular weight is 500 g/mol. The fourth-order valence-corrected chi connectivity index (χ4v) is 5.40. The maximum atomic E-state index is 13.2. The summed E-state index contributed by atoms with van der Waals surface area (Å²) in [6.07, 6.45) is 4.30. The Labute approximate surface area is 211 Å². The van der Waals surface area contributed by atoms with Crippen molar-refractivity contribution in [1.29, 1.82) is 0 Å². The summed E-state index contributed by atoms with van der Waals surface area (Å²) in [5, 5.41) is 15.6. The van der Waals surface area contributed by atoms with Crippen molar-refractivity contribution in [2.24, 2.45) is 0 Å². The summed E-state index contributed by atoms with van der Waals surface area (Å²) >= 11 is 0. The highest BCUT2D eigenvalue weighted by atomic mass is 16.6. The van der Waals surface area contributed by atoms with Gasteiger partial charge >= 0.3 is 0 Å². The number of nitro groups is 1. The van der Waals surface area contributed by atoms with Crippen LogP contribution in [0.25, 0.3) is 33.0 Å². The van der Waals surface area contributed by atoms with E-state index in [-0.39, 0.29) is 16.8 Å². The number of nitrogens with one attached hydrogen (secondary N) is 2. The molecule has 2 amide bonds. The number of para-hydroxylation sites is 1. The minimum atomic E-state index is -0.559. The van der Waals surface area contributed by atoms with E-state index in [4.69, 9.17) is 4.74 Å². The zero-order valence-corrected chi connectivity index (χ0v) is 20.0. The zero-order valence-electron chi connectivity index (χ0n) is 20.0. The van der Waals surface area contributed by atoms with Crippen LogP contribution >= 0.6 is 0 Å². The molecule has 4 heterocycles. The average Bonchev–Trinajstić information content (AvgIpc) is 3.57. The maximum Gasteiger partial charge on any atom is 0.279 e. The molecule has 1 fully saturated rings. The number of imide groups is 1. The van der Waals surface area contributed by atoms with Gasteiger partial charge < -0.3 is 14.3 Å². The molecular weight excluding hydrogens is 474 g/mol. The first-order valence-corrected chi connectivity index (χ1v) is 12.3. The van der Waals surface area contributed by atoms with Crippen LogP contribution in [0.4, 0.5) is 5.69 Å². The lowest BCUT2D eigenvalue weighted by Crippen LogP contribution is -2.37. The minimum absolute atomic E-state index is 0.0997. The number of morpholine rings is 1. The molecule has 0 bridgehead atoms. The molecule has 0 radical (unpaired) electrons. The smallest absolute Gasteiger partial charge is 0.279 e. The van der Waals surface area contributed by atoms with E-state index in [0.29, 0.717) is 28.6 Å². The minimum Gasteiger partial charge on any atom is -0.379 e. The van der Waals surface area contributed by atoms with E-state index in [1.165, 1.54) is 6.07 Å². The molecule has 1 saturated heterocycles. The Morgan fingerprint density at radius 2 is 1.70 bits per heavy atom. The Balaban J connectivity index is 1.49. The molecule has 0 spiro atoms. The van der Waals surface area contributed by atoms with Crippen LogP contribution in [0.3, 0.4) is 0 Å². The summed E-state index contributed by atoms with van der Waals surface area (Å²) < 4.78 is 7.37. The number of carbonyl (C=O) groups is 2. The van der Waals surface area contributed by atoms with E-state index in [1.54, 1.807) is 18.5 Å². The molecule has 2 aromatic carbocycles. The number of hydrogen-bond donors (Lipinski definition) is 2. The fraction of sp³-hybridized carbons (Fsp3) is 0.259. The molecule has 2 aliphatic rings. The number of H-pyrrole nitrogens is 1. The normalized spacial score (nSPS) is 16.8. The van der Waals surface area contributed by atoms with E-state index in [2.05, 4.69) is 15.2 Å². The van der Waals surface area contributed by atoms with Crippen LogP contribution in [-0.2, 0) is 20.9 Å². The lowest BCUT2D eigenvalue weighted by Gasteiger charge is -2.26. The van der Waals surface area contributed by atoms with Crippen LogP contribution in [0.5, 0.6) is 0 Å². The van der Waals surface area contributed by atoms with E-state index >= 15 is 0 Å². The van der Waals surface area contributed by atoms with Gasteiger partial charge in [0.2, 0.25) is 0 Å². The largest absolute Gasteiger partial charge is 0.379 e. The summed E-state index contributed by atoms with van der Waals surface area (Å²) in [4.78, 5) is 43.3. The van der Waals surface area contributed by atoms with Crippen molar-refractivity contribution in [1.82, 2.24) is 19.8 Å². The van der Waals surface area contributed by atoms with Crippen molar-refractivity contribution < 1.29 is 19.2 Å². The lowest BCUT2D eigenvalue weighted by molar-refractivity contribution is -0.383. The second-order valence-electron chi connectivity index (χ2n) is 9.25. The van der Waals surface area contributed by atoms with Crippen molar-refractivity contribution in [3.05, 3.63) is 76.1 Å². The second-order valence-corrected chi connectivity index (χ2v) is 9.25. The van der Waals surface area contributed by atoms with Gasteiger partial charge in [0.05, 0.1) is 40.2 Å². The van der Waals surface area contributed by atoms with E-state index < -0.39 is 16.7 Å². The molecule has 10 nitrogen and oxygen atoms in total. The molecule has 0 atom stereocenters. The number of ether oxygens (including phenoxy) is 1. The van der Waals surface area contributed by atoms with Crippen LogP contribution in [0.15, 0.2) is 54.9 Å². The quantitative estimate of drug-likeness (QED) is 0.229. The first-order chi connectivity index (χ1) is 18.0. The highest BCUT2D eigenvalue weighted by molar-refractivity contribution is 6.51. The number of non-ortho nitro benzene ring substituents is 1. The van der Waals surface area contributed by atoms with E-state index in [0.717, 1.165) is 50.2 Å². The lowest BCUT2D eigenvalue weighted by atomic mass is 9.95. The van der Waals surface area contributed by atoms with Gasteiger partial charge in [-0.15, -0.1) is 0 Å². The van der Waals surface area contributed by atoms with Gasteiger partial charge in [-0.2, -0.15) is 0 Å². The van der Waals surface area contributed by atoms with Gasteiger partial charge in [0.25, 0.3) is 17.5 Å². The number of nitro benzene ring substituents is 1. The highest BCUT2D eigenvalue weighted by Gasteiger charge is 2.36. The maximum absolute atomic E-state index is 13.2. The summed E-state index contributed by atoms with van der Waals surface area (Å²) in [5.41, 5.74) is 2.72. The highest BCUT2D eigenvalue weighted by Crippen LogP contribution is 2.41. The predicted molar refractivity (Wildman–Crippen MR) is 139 cm³/mol. The molecule has 0 aliphatic carbocycles. The van der Waals surface area contributed by atoms with Gasteiger partial charge in [-0.3, -0.25) is 29.9 Å². The number of nitrogens with zero attached hydrogens (tertiary/aromatic N) is 3. The zero-order chi connectivity index (χ0) is 25.5. The third kappa shape index (κ3) is 4.00. The number of benzene rings is 2. The van der Waals surface area contributed by atoms with Crippen molar-refractivity contribution in [3.8, 4) is 0 Å². The van der Waals surface area contributed by atoms with Crippen LogP contribution in [0.2, 0.25) is 0 Å². The Kier molecular flexibility index (Phi) is 5.82. The van der Waals surface area contributed by atoms with Crippen molar-refractivity contribution >= 4 is 50.5 Å². The molecule has 2 aromatic heterocycles. The van der Waals surface area contributed by atoms with Crippen molar-refractivity contribution in [2.45, 2.75) is 13.0 Å². The standard InChI is InChI=1S/C27H25N5O5/c33-26-24(18-15-28-20-6-2-1-5-17(18)20)25(27(34)29-26)19-16-31(10-4-9-30-11-13-37-14-12-30)21-7-3-8-22(23(19)21)32(35)36/h1-3,5-8,15-16,28H,4,9-14H2,(H,29,33,34). The van der Waals surface area contributed by atoms with Crippen LogP contribution in [-0.4, -0.2) is 64.0 Å². The van der Waals surface area contributed by atoms with Gasteiger partial charge in [0, 0.05) is 66.7 Å². The third-order valence-corrected chi connectivity index (χ3v) is 7.12.